The summed E-state index contributed by atoms with van der Waals surface area (Å²) in [7, 11) is 0. The molecule has 0 aromatic heterocycles. The van der Waals surface area contributed by atoms with Crippen molar-refractivity contribution in [2.24, 2.45) is 41.1 Å². The Balaban J connectivity index is 1.91. The molecule has 2 heteroatoms. The summed E-state index contributed by atoms with van der Waals surface area (Å²) in [5.74, 6) is 3.43. The van der Waals surface area contributed by atoms with Crippen molar-refractivity contribution in [1.29, 1.82) is 0 Å². The zero-order valence-electron chi connectivity index (χ0n) is 7.64. The molecule has 4 N–H and O–H groups in total. The highest BCUT2D eigenvalue weighted by Gasteiger charge is 2.49. The minimum Gasteiger partial charge on any atom is -0.316 e. The summed E-state index contributed by atoms with van der Waals surface area (Å²) in [6.07, 6.45) is 10.5. The highest BCUT2D eigenvalue weighted by molar-refractivity contribution is 5.24. The Morgan fingerprint density at radius 1 is 1.00 bits per heavy atom. The first-order chi connectivity index (χ1) is 6.27. The summed E-state index contributed by atoms with van der Waals surface area (Å²) in [6.45, 7) is 0. The summed E-state index contributed by atoms with van der Waals surface area (Å²) in [4.78, 5) is 0. The van der Waals surface area contributed by atoms with Gasteiger partial charge >= 0.3 is 0 Å². The first kappa shape index (κ1) is 7.77. The van der Waals surface area contributed by atoms with Crippen molar-refractivity contribution in [1.82, 2.24) is 0 Å². The fraction of sp³-hybridized carbons (Fsp3) is 0.636. The van der Waals surface area contributed by atoms with Crippen LogP contribution in [0.4, 0.5) is 0 Å². The zero-order chi connectivity index (χ0) is 9.00. The smallest absolute Gasteiger partial charge is 0.0588 e. The zero-order valence-corrected chi connectivity index (χ0v) is 7.64. The third-order valence-corrected chi connectivity index (χ3v) is 4.03. The number of hydrogen-bond donors (Lipinski definition) is 2. The van der Waals surface area contributed by atoms with Gasteiger partial charge in [0.05, 0.1) is 6.17 Å². The van der Waals surface area contributed by atoms with E-state index in [1.165, 1.54) is 6.42 Å². The van der Waals surface area contributed by atoms with E-state index in [1.807, 2.05) is 0 Å². The van der Waals surface area contributed by atoms with Gasteiger partial charge in [-0.15, -0.1) is 0 Å². The van der Waals surface area contributed by atoms with Crippen molar-refractivity contribution in [3.05, 3.63) is 24.3 Å². The van der Waals surface area contributed by atoms with Gasteiger partial charge in [-0.3, -0.25) is 0 Å². The standard InChI is InChI=1S/C11H16N2/c12-11(13)9-4-3-8-6-1-2-7(5-6)10(8)9/h1-4,6-11H,5,12-13H2. The van der Waals surface area contributed by atoms with E-state index in [0.717, 1.165) is 23.7 Å². The predicted octanol–water partition coefficient (Wildman–Crippen LogP) is 0.854. The van der Waals surface area contributed by atoms with E-state index >= 15 is 0 Å². The van der Waals surface area contributed by atoms with Crippen LogP contribution in [-0.4, -0.2) is 6.17 Å². The molecule has 1 saturated carbocycles. The normalized spacial score (nSPS) is 50.8. The van der Waals surface area contributed by atoms with Crippen LogP contribution >= 0.6 is 0 Å². The molecule has 0 heterocycles. The third-order valence-electron chi connectivity index (χ3n) is 4.03. The van der Waals surface area contributed by atoms with E-state index < -0.39 is 0 Å². The van der Waals surface area contributed by atoms with Crippen LogP contribution in [0.15, 0.2) is 24.3 Å². The SMILES string of the molecule is NC(N)C1C=CC2C3C=CC(C3)C12. The van der Waals surface area contributed by atoms with Gasteiger partial charge < -0.3 is 11.5 Å². The second-order valence-corrected chi connectivity index (χ2v) is 4.64. The van der Waals surface area contributed by atoms with Gasteiger partial charge in [0.15, 0.2) is 0 Å². The lowest BCUT2D eigenvalue weighted by molar-refractivity contribution is 0.277. The topological polar surface area (TPSA) is 52.0 Å². The molecule has 0 amide bonds. The second kappa shape index (κ2) is 2.46. The predicted molar refractivity (Wildman–Crippen MR) is 52.5 cm³/mol. The lowest BCUT2D eigenvalue weighted by Gasteiger charge is -2.28. The number of nitrogens with two attached hydrogens (primary N) is 2. The Morgan fingerprint density at radius 2 is 1.77 bits per heavy atom. The third kappa shape index (κ3) is 0.903. The minimum absolute atomic E-state index is 0.168. The van der Waals surface area contributed by atoms with E-state index in [4.69, 9.17) is 11.5 Å². The number of rotatable bonds is 1. The summed E-state index contributed by atoms with van der Waals surface area (Å²) < 4.78 is 0. The van der Waals surface area contributed by atoms with Crippen LogP contribution in [0.1, 0.15) is 6.42 Å². The lowest BCUT2D eigenvalue weighted by atomic mass is 9.79. The second-order valence-electron chi connectivity index (χ2n) is 4.64. The lowest BCUT2D eigenvalue weighted by Crippen LogP contribution is -2.42. The molecule has 0 radical (unpaired) electrons. The first-order valence-electron chi connectivity index (χ1n) is 5.15. The number of fused-ring (bicyclic) bond motifs is 5. The van der Waals surface area contributed by atoms with Crippen LogP contribution < -0.4 is 11.5 Å². The van der Waals surface area contributed by atoms with E-state index in [9.17, 15) is 0 Å². The van der Waals surface area contributed by atoms with Crippen molar-refractivity contribution in [3.63, 3.8) is 0 Å². The Morgan fingerprint density at radius 3 is 2.54 bits per heavy atom. The molecular weight excluding hydrogens is 160 g/mol. The molecule has 3 aliphatic carbocycles. The van der Waals surface area contributed by atoms with E-state index in [1.54, 1.807) is 0 Å². The summed E-state index contributed by atoms with van der Waals surface area (Å²) in [5.41, 5.74) is 11.6. The van der Waals surface area contributed by atoms with Crippen LogP contribution in [-0.2, 0) is 0 Å². The maximum atomic E-state index is 5.79. The molecule has 2 nitrogen and oxygen atoms in total. The minimum atomic E-state index is -0.168. The van der Waals surface area contributed by atoms with Crippen molar-refractivity contribution in [2.75, 3.05) is 0 Å². The van der Waals surface area contributed by atoms with Crippen LogP contribution in [0.2, 0.25) is 0 Å². The van der Waals surface area contributed by atoms with Gasteiger partial charge in [-0.05, 0) is 30.1 Å². The van der Waals surface area contributed by atoms with E-state index in [0.29, 0.717) is 5.92 Å². The highest BCUT2D eigenvalue weighted by atomic mass is 14.9. The van der Waals surface area contributed by atoms with Gasteiger partial charge in [0, 0.05) is 5.92 Å². The highest BCUT2D eigenvalue weighted by Crippen LogP contribution is 2.54. The van der Waals surface area contributed by atoms with Gasteiger partial charge in [0.2, 0.25) is 0 Å². The Labute approximate surface area is 78.7 Å². The monoisotopic (exact) mass is 176 g/mol. The largest absolute Gasteiger partial charge is 0.316 e. The van der Waals surface area contributed by atoms with Gasteiger partial charge in [0.25, 0.3) is 0 Å². The molecule has 0 aromatic carbocycles. The van der Waals surface area contributed by atoms with Crippen molar-refractivity contribution in [2.45, 2.75) is 12.6 Å². The van der Waals surface area contributed by atoms with Crippen LogP contribution in [0.3, 0.4) is 0 Å². The Kier molecular flexibility index (Phi) is 1.47. The van der Waals surface area contributed by atoms with Crippen molar-refractivity contribution in [3.8, 4) is 0 Å². The number of allylic oxidation sites excluding steroid dienone is 3. The van der Waals surface area contributed by atoms with Gasteiger partial charge in [-0.2, -0.15) is 0 Å². The molecule has 1 fully saturated rings. The molecule has 0 aromatic rings. The van der Waals surface area contributed by atoms with E-state index in [-0.39, 0.29) is 6.17 Å². The Bertz CT molecular complexity index is 280. The molecule has 5 atom stereocenters. The average molecular weight is 176 g/mol. The van der Waals surface area contributed by atoms with Gasteiger partial charge in [-0.25, -0.2) is 0 Å². The average Bonchev–Trinajstić information content (AvgIpc) is 2.76. The van der Waals surface area contributed by atoms with Crippen LogP contribution in [0.25, 0.3) is 0 Å². The summed E-state index contributed by atoms with van der Waals surface area (Å²) in [6, 6.07) is 0. The van der Waals surface area contributed by atoms with Crippen LogP contribution in [0, 0.1) is 29.6 Å². The molecular formula is C11H16N2. The quantitative estimate of drug-likeness (QED) is 0.460. The van der Waals surface area contributed by atoms with Crippen molar-refractivity contribution >= 4 is 0 Å². The van der Waals surface area contributed by atoms with Crippen molar-refractivity contribution < 1.29 is 0 Å². The summed E-state index contributed by atoms with van der Waals surface area (Å²) >= 11 is 0. The van der Waals surface area contributed by atoms with Gasteiger partial charge in [-0.1, -0.05) is 24.3 Å². The molecule has 3 rings (SSSR count). The molecule has 3 aliphatic rings. The summed E-state index contributed by atoms with van der Waals surface area (Å²) in [5, 5.41) is 0. The fourth-order valence-electron chi connectivity index (χ4n) is 3.48. The molecule has 13 heavy (non-hydrogen) atoms. The van der Waals surface area contributed by atoms with Gasteiger partial charge in [0.1, 0.15) is 0 Å². The molecule has 2 bridgehead atoms. The molecule has 70 valence electrons. The maximum Gasteiger partial charge on any atom is 0.0588 e. The first-order valence-corrected chi connectivity index (χ1v) is 5.15. The molecule has 5 unspecified atom stereocenters. The maximum absolute atomic E-state index is 5.79. The molecule has 0 saturated heterocycles. The van der Waals surface area contributed by atoms with E-state index in [2.05, 4.69) is 24.3 Å². The molecule has 0 aliphatic heterocycles. The van der Waals surface area contributed by atoms with Crippen LogP contribution in [0.5, 0.6) is 0 Å². The number of hydrogen-bond acceptors (Lipinski definition) is 2. The molecule has 0 spiro atoms. The Hall–Kier alpha value is -0.600. The fourth-order valence-corrected chi connectivity index (χ4v) is 3.48.